The van der Waals surface area contributed by atoms with Crippen LogP contribution in [-0.2, 0) is 4.79 Å². The average molecular weight is 416 g/mol. The molecule has 0 saturated carbocycles. The van der Waals surface area contributed by atoms with E-state index in [2.05, 4.69) is 6.07 Å². The molecule has 3 rings (SSSR count). The predicted octanol–water partition coefficient (Wildman–Crippen LogP) is 6.03. The normalized spacial score (nSPS) is 11.2. The summed E-state index contributed by atoms with van der Waals surface area (Å²) in [5.74, 6) is 0.157. The van der Waals surface area contributed by atoms with Crippen molar-refractivity contribution in [3.05, 3.63) is 101 Å². The highest BCUT2D eigenvalue weighted by Crippen LogP contribution is 2.30. The molecule has 0 atom stereocenters. The third-order valence-corrected chi connectivity index (χ3v) is 4.41. The molecule has 3 aromatic rings. The van der Waals surface area contributed by atoms with Crippen molar-refractivity contribution in [1.29, 1.82) is 5.26 Å². The van der Waals surface area contributed by atoms with Gasteiger partial charge in [-0.05, 0) is 53.1 Å². The van der Waals surface area contributed by atoms with Crippen molar-refractivity contribution in [2.75, 3.05) is 7.11 Å². The van der Waals surface area contributed by atoms with Crippen molar-refractivity contribution in [3.8, 4) is 17.6 Å². The van der Waals surface area contributed by atoms with E-state index in [1.54, 1.807) is 48.6 Å². The van der Waals surface area contributed by atoms with Gasteiger partial charge in [-0.3, -0.25) is 0 Å². The Morgan fingerprint density at radius 3 is 2.47 bits per heavy atom. The maximum Gasteiger partial charge on any atom is 0.336 e. The van der Waals surface area contributed by atoms with Crippen LogP contribution in [0, 0.1) is 11.3 Å². The number of ether oxygens (including phenoxy) is 2. The highest BCUT2D eigenvalue weighted by Gasteiger charge is 2.10. The van der Waals surface area contributed by atoms with Crippen molar-refractivity contribution in [2.24, 2.45) is 0 Å². The minimum atomic E-state index is -0.517. The fraction of sp³-hybridized carbons (Fsp3) is 0.0400. The smallest absolute Gasteiger partial charge is 0.336 e. The number of esters is 1. The van der Waals surface area contributed by atoms with Gasteiger partial charge in [0.25, 0.3) is 0 Å². The number of carbonyl (C=O) groups excluding carboxylic acids is 1. The lowest BCUT2D eigenvalue weighted by atomic mass is 10.0. The Labute approximate surface area is 180 Å². The summed E-state index contributed by atoms with van der Waals surface area (Å²) in [6.07, 6.45) is 4.75. The van der Waals surface area contributed by atoms with Crippen molar-refractivity contribution < 1.29 is 14.3 Å². The van der Waals surface area contributed by atoms with Gasteiger partial charge in [-0.2, -0.15) is 5.26 Å². The average Bonchev–Trinajstić information content (AvgIpc) is 2.77. The van der Waals surface area contributed by atoms with Gasteiger partial charge in [0.1, 0.15) is 0 Å². The Bertz CT molecular complexity index is 1140. The second-order valence-electron chi connectivity index (χ2n) is 6.26. The largest absolute Gasteiger partial charge is 0.493 e. The number of nitriles is 1. The molecule has 0 fully saturated rings. The van der Waals surface area contributed by atoms with Crippen LogP contribution >= 0.6 is 11.6 Å². The SMILES string of the molecule is COc1cc(/C=C(/C#N)c2cccc(Cl)c2)ccc1OC(=O)/C=C/c1ccccc1. The zero-order chi connectivity index (χ0) is 21.3. The first-order valence-corrected chi connectivity index (χ1v) is 9.47. The van der Waals surface area contributed by atoms with E-state index >= 15 is 0 Å². The van der Waals surface area contributed by atoms with E-state index in [4.69, 9.17) is 21.1 Å². The van der Waals surface area contributed by atoms with E-state index in [0.717, 1.165) is 11.1 Å². The fourth-order valence-electron chi connectivity index (χ4n) is 2.73. The van der Waals surface area contributed by atoms with E-state index in [1.165, 1.54) is 13.2 Å². The second-order valence-corrected chi connectivity index (χ2v) is 6.69. The first-order chi connectivity index (χ1) is 14.6. The maximum absolute atomic E-state index is 12.1. The highest BCUT2D eigenvalue weighted by atomic mass is 35.5. The molecule has 0 bridgehead atoms. The van der Waals surface area contributed by atoms with Crippen LogP contribution in [0.4, 0.5) is 0 Å². The summed E-state index contributed by atoms with van der Waals surface area (Å²) in [5.41, 5.74) is 2.79. The molecule has 0 aliphatic rings. The number of rotatable bonds is 6. The van der Waals surface area contributed by atoms with E-state index in [0.29, 0.717) is 27.7 Å². The van der Waals surface area contributed by atoms with Crippen molar-refractivity contribution in [3.63, 3.8) is 0 Å². The van der Waals surface area contributed by atoms with Crippen LogP contribution in [0.25, 0.3) is 17.7 Å². The molecular formula is C25H18ClNO3. The lowest BCUT2D eigenvalue weighted by Crippen LogP contribution is -2.05. The molecule has 4 nitrogen and oxygen atoms in total. The van der Waals surface area contributed by atoms with Crippen molar-refractivity contribution in [2.45, 2.75) is 0 Å². The lowest BCUT2D eigenvalue weighted by molar-refractivity contribution is -0.129. The first kappa shape index (κ1) is 20.9. The minimum Gasteiger partial charge on any atom is -0.493 e. The standard InChI is InChI=1S/C25H18ClNO3/c1-29-24-15-19(14-21(17-27)20-8-5-9-22(26)16-20)10-12-23(24)30-25(28)13-11-18-6-3-2-4-7-18/h2-16H,1H3/b13-11+,21-14-. The van der Waals surface area contributed by atoms with Crippen LogP contribution in [0.1, 0.15) is 16.7 Å². The molecule has 0 aliphatic carbocycles. The summed E-state index contributed by atoms with van der Waals surface area (Å²) >= 11 is 6.02. The molecule has 5 heteroatoms. The van der Waals surface area contributed by atoms with Gasteiger partial charge in [0.05, 0.1) is 18.8 Å². The van der Waals surface area contributed by atoms with Gasteiger partial charge in [0, 0.05) is 11.1 Å². The zero-order valence-corrected chi connectivity index (χ0v) is 17.0. The van der Waals surface area contributed by atoms with Crippen molar-refractivity contribution in [1.82, 2.24) is 0 Å². The number of carbonyl (C=O) groups is 1. The minimum absolute atomic E-state index is 0.290. The fourth-order valence-corrected chi connectivity index (χ4v) is 2.92. The number of hydrogen-bond acceptors (Lipinski definition) is 4. The summed E-state index contributed by atoms with van der Waals surface area (Å²) in [4.78, 5) is 12.1. The third kappa shape index (κ3) is 5.60. The number of nitrogens with zero attached hydrogens (tertiary/aromatic N) is 1. The van der Waals surface area contributed by atoms with Gasteiger partial charge in [0.15, 0.2) is 11.5 Å². The summed E-state index contributed by atoms with van der Waals surface area (Å²) < 4.78 is 10.7. The van der Waals surface area contributed by atoms with Crippen LogP contribution in [0.2, 0.25) is 5.02 Å². The van der Waals surface area contributed by atoms with E-state index in [-0.39, 0.29) is 0 Å². The molecule has 0 heterocycles. The van der Waals surface area contributed by atoms with Gasteiger partial charge in [-0.1, -0.05) is 60.1 Å². The summed E-state index contributed by atoms with van der Waals surface area (Å²) in [5, 5.41) is 10.1. The van der Waals surface area contributed by atoms with Crippen LogP contribution in [-0.4, -0.2) is 13.1 Å². The van der Waals surface area contributed by atoms with E-state index < -0.39 is 5.97 Å². The van der Waals surface area contributed by atoms with Crippen LogP contribution in [0.5, 0.6) is 11.5 Å². The van der Waals surface area contributed by atoms with Crippen LogP contribution in [0.3, 0.4) is 0 Å². The van der Waals surface area contributed by atoms with Gasteiger partial charge < -0.3 is 9.47 Å². The number of methoxy groups -OCH3 is 1. The number of hydrogen-bond donors (Lipinski definition) is 0. The molecule has 0 aliphatic heterocycles. The van der Waals surface area contributed by atoms with E-state index in [9.17, 15) is 10.1 Å². The molecule has 0 amide bonds. The molecule has 0 unspecified atom stereocenters. The zero-order valence-electron chi connectivity index (χ0n) is 16.2. The Kier molecular flexibility index (Phi) is 7.05. The molecular weight excluding hydrogens is 398 g/mol. The van der Waals surface area contributed by atoms with Crippen LogP contribution < -0.4 is 9.47 Å². The molecule has 0 saturated heterocycles. The molecule has 148 valence electrons. The highest BCUT2D eigenvalue weighted by molar-refractivity contribution is 6.30. The van der Waals surface area contributed by atoms with E-state index in [1.807, 2.05) is 36.4 Å². The van der Waals surface area contributed by atoms with Crippen molar-refractivity contribution >= 4 is 35.3 Å². The quantitative estimate of drug-likeness (QED) is 0.162. The number of allylic oxidation sites excluding steroid dienone is 1. The monoisotopic (exact) mass is 415 g/mol. The molecule has 0 N–H and O–H groups in total. The molecule has 0 spiro atoms. The Morgan fingerprint density at radius 1 is 0.967 bits per heavy atom. The Hall–Kier alpha value is -3.81. The number of benzene rings is 3. The van der Waals surface area contributed by atoms with Gasteiger partial charge >= 0.3 is 5.97 Å². The van der Waals surface area contributed by atoms with Gasteiger partial charge in [-0.15, -0.1) is 0 Å². The lowest BCUT2D eigenvalue weighted by Gasteiger charge is -2.09. The third-order valence-electron chi connectivity index (χ3n) is 4.18. The molecule has 30 heavy (non-hydrogen) atoms. The molecule has 3 aromatic carbocycles. The molecule has 0 aromatic heterocycles. The predicted molar refractivity (Wildman–Crippen MR) is 119 cm³/mol. The molecule has 0 radical (unpaired) electrons. The summed E-state index contributed by atoms with van der Waals surface area (Å²) in [6.45, 7) is 0. The first-order valence-electron chi connectivity index (χ1n) is 9.10. The van der Waals surface area contributed by atoms with Crippen LogP contribution in [0.15, 0.2) is 78.9 Å². The van der Waals surface area contributed by atoms with Gasteiger partial charge in [-0.25, -0.2) is 4.79 Å². The summed E-state index contributed by atoms with van der Waals surface area (Å²) in [7, 11) is 1.49. The maximum atomic E-state index is 12.1. The number of halogens is 1. The summed E-state index contributed by atoms with van der Waals surface area (Å²) in [6, 6.07) is 23.8. The second kappa shape index (κ2) is 10.1. The Morgan fingerprint density at radius 2 is 1.77 bits per heavy atom. The Balaban J connectivity index is 1.80. The topological polar surface area (TPSA) is 59.3 Å². The van der Waals surface area contributed by atoms with Gasteiger partial charge in [0.2, 0.25) is 0 Å².